The van der Waals surface area contributed by atoms with Crippen LogP contribution in [0.4, 0.5) is 0 Å². The lowest BCUT2D eigenvalue weighted by molar-refractivity contribution is 0.256. The molecule has 0 heterocycles. The van der Waals surface area contributed by atoms with Gasteiger partial charge in [-0.15, -0.1) is 12.4 Å². The minimum absolute atomic E-state index is 0. The Kier molecular flexibility index (Phi) is 48.2. The van der Waals surface area contributed by atoms with Crippen molar-refractivity contribution in [2.45, 2.75) is 259 Å². The number of sulfonamides is 2. The predicted octanol–water partition coefficient (Wildman–Crippen LogP) is 14.1. The van der Waals surface area contributed by atoms with E-state index in [4.69, 9.17) is 5.73 Å². The van der Waals surface area contributed by atoms with Crippen molar-refractivity contribution in [2.75, 3.05) is 63.9 Å². The number of nitrogens with zero attached hydrogens (tertiary/aromatic N) is 3. The third-order valence-corrected chi connectivity index (χ3v) is 16.4. The van der Waals surface area contributed by atoms with Crippen molar-refractivity contribution in [1.29, 1.82) is 0 Å². The van der Waals surface area contributed by atoms with Gasteiger partial charge in [0, 0.05) is 26.2 Å². The first-order chi connectivity index (χ1) is 29.2. The molecule has 0 aliphatic carbocycles. The van der Waals surface area contributed by atoms with Crippen molar-refractivity contribution >= 4 is 32.5 Å². The molecule has 0 radical (unpaired) electrons. The highest BCUT2D eigenvalue weighted by molar-refractivity contribution is 7.89. The number of hydrogen-bond donors (Lipinski definition) is 1. The van der Waals surface area contributed by atoms with E-state index in [0.717, 1.165) is 155 Å². The van der Waals surface area contributed by atoms with E-state index in [1.54, 1.807) is 0 Å². The molecule has 0 aliphatic heterocycles. The number of nitrogens with two attached hydrogens (primary N) is 1. The summed E-state index contributed by atoms with van der Waals surface area (Å²) >= 11 is 0. The molecule has 0 fully saturated rings. The zero-order valence-electron chi connectivity index (χ0n) is 41.3. The Hall–Kier alpha value is 0.0300. The lowest BCUT2D eigenvalue weighted by Crippen LogP contribution is -2.35. The van der Waals surface area contributed by atoms with Crippen molar-refractivity contribution in [3.05, 3.63) is 0 Å². The van der Waals surface area contributed by atoms with Crippen LogP contribution in [0.3, 0.4) is 0 Å². The molecule has 11 heteroatoms. The molecule has 0 saturated carbocycles. The summed E-state index contributed by atoms with van der Waals surface area (Å²) in [6, 6.07) is 0. The number of unbranched alkanes of at least 4 members (excludes halogenated alkanes) is 29. The van der Waals surface area contributed by atoms with E-state index in [0.29, 0.717) is 37.7 Å². The molecule has 8 nitrogen and oxygen atoms in total. The Balaban J connectivity index is 0. The molecule has 0 unspecified atom stereocenters. The highest BCUT2D eigenvalue weighted by Gasteiger charge is 2.22. The molecule has 0 aromatic heterocycles. The van der Waals surface area contributed by atoms with Gasteiger partial charge in [-0.3, -0.25) is 0 Å². The highest BCUT2D eigenvalue weighted by Crippen LogP contribution is 2.17. The van der Waals surface area contributed by atoms with Crippen molar-refractivity contribution in [2.24, 2.45) is 5.73 Å². The maximum atomic E-state index is 13.4. The molecule has 0 bridgehead atoms. The Bertz CT molecular complexity index is 987. The van der Waals surface area contributed by atoms with Crippen LogP contribution in [-0.4, -0.2) is 94.2 Å². The molecule has 0 aliphatic rings. The van der Waals surface area contributed by atoms with Gasteiger partial charge in [-0.1, -0.05) is 195 Å². The van der Waals surface area contributed by atoms with E-state index in [1.807, 2.05) is 8.61 Å². The normalized spacial score (nSPS) is 12.3. The van der Waals surface area contributed by atoms with Gasteiger partial charge in [0.2, 0.25) is 20.0 Å². The summed E-state index contributed by atoms with van der Waals surface area (Å²) in [4.78, 5) is 2.61. The summed E-state index contributed by atoms with van der Waals surface area (Å²) in [5.41, 5.74) is 5.82. The van der Waals surface area contributed by atoms with Gasteiger partial charge in [0.25, 0.3) is 0 Å². The zero-order chi connectivity index (χ0) is 44.3. The summed E-state index contributed by atoms with van der Waals surface area (Å²) in [5.74, 6) is 0.596. The topological polar surface area (TPSA) is 104 Å². The first-order valence-corrected chi connectivity index (χ1v) is 29.8. The second-order valence-corrected chi connectivity index (χ2v) is 22.6. The van der Waals surface area contributed by atoms with E-state index in [9.17, 15) is 16.8 Å². The van der Waals surface area contributed by atoms with Gasteiger partial charge in [0.05, 0.1) is 11.5 Å². The standard InChI is InChI=1S/C50H106N4O4S2.ClH/c1-5-9-13-17-25-34-45-53(46-35-26-18-14-10-6-2)59(55,56)49-39-29-21-23-32-42-52(44-38-31-41-51)43-33-24-22-30-40-50-60(57,58)54(47-36-27-19-15-11-7-3)48-37-28-20-16-12-8-4;/h5-51H2,1-4H3;1H. The monoisotopic (exact) mass is 927 g/mol. The number of rotatable bonds is 50. The Morgan fingerprint density at radius 3 is 0.770 bits per heavy atom. The SMILES string of the molecule is CCCCCCCCN(CCCCCCCC)S(=O)(=O)CCCCCCCN(CCCCN)CCCCCCCS(=O)(=O)N(CCCCCCCC)CCCCCCCC.Cl. The smallest absolute Gasteiger partial charge is 0.214 e. The summed E-state index contributed by atoms with van der Waals surface area (Å²) in [5, 5.41) is 0. The van der Waals surface area contributed by atoms with Crippen LogP contribution in [0.1, 0.15) is 259 Å². The maximum Gasteiger partial charge on any atom is 0.214 e. The van der Waals surface area contributed by atoms with Crippen LogP contribution in [0, 0.1) is 0 Å². The molecular formula is C50H107ClN4O4S2. The lowest BCUT2D eigenvalue weighted by Gasteiger charge is -2.23. The molecular weight excluding hydrogens is 820 g/mol. The molecule has 370 valence electrons. The molecule has 2 N–H and O–H groups in total. The molecule has 0 atom stereocenters. The minimum atomic E-state index is -3.20. The van der Waals surface area contributed by atoms with Gasteiger partial charge in [0.1, 0.15) is 0 Å². The molecule has 0 saturated heterocycles. The number of halogens is 1. The van der Waals surface area contributed by atoms with Crippen molar-refractivity contribution in [3.8, 4) is 0 Å². The van der Waals surface area contributed by atoms with Crippen LogP contribution in [0.5, 0.6) is 0 Å². The Labute approximate surface area is 389 Å². The minimum Gasteiger partial charge on any atom is -0.330 e. The number of hydrogen-bond acceptors (Lipinski definition) is 6. The molecule has 0 aromatic rings. The van der Waals surface area contributed by atoms with Crippen LogP contribution in [0.15, 0.2) is 0 Å². The fourth-order valence-corrected chi connectivity index (χ4v) is 11.7. The third-order valence-electron chi connectivity index (χ3n) is 12.5. The Morgan fingerprint density at radius 2 is 0.508 bits per heavy atom. The molecule has 0 spiro atoms. The largest absolute Gasteiger partial charge is 0.330 e. The van der Waals surface area contributed by atoms with Gasteiger partial charge in [-0.05, 0) is 90.4 Å². The maximum absolute atomic E-state index is 13.4. The van der Waals surface area contributed by atoms with Gasteiger partial charge in [-0.25, -0.2) is 25.4 Å². The third kappa shape index (κ3) is 40.1. The van der Waals surface area contributed by atoms with Crippen LogP contribution in [-0.2, 0) is 20.0 Å². The van der Waals surface area contributed by atoms with Gasteiger partial charge in [-0.2, -0.15) is 0 Å². The second-order valence-electron chi connectivity index (χ2n) is 18.4. The van der Waals surface area contributed by atoms with Gasteiger partial charge in [0.15, 0.2) is 0 Å². The summed E-state index contributed by atoms with van der Waals surface area (Å²) in [6.07, 6.45) is 41.0. The van der Waals surface area contributed by atoms with E-state index in [2.05, 4.69) is 32.6 Å². The van der Waals surface area contributed by atoms with Crippen LogP contribution >= 0.6 is 12.4 Å². The van der Waals surface area contributed by atoms with Crippen molar-refractivity contribution in [1.82, 2.24) is 13.5 Å². The van der Waals surface area contributed by atoms with Crippen LogP contribution in [0.2, 0.25) is 0 Å². The van der Waals surface area contributed by atoms with E-state index in [1.165, 1.54) is 103 Å². The molecule has 0 aromatic carbocycles. The average molecular weight is 928 g/mol. The first kappa shape index (κ1) is 63.1. The fourth-order valence-electron chi connectivity index (χ4n) is 8.43. The summed E-state index contributed by atoms with van der Waals surface area (Å²) in [6.45, 7) is 15.8. The van der Waals surface area contributed by atoms with Crippen molar-refractivity contribution in [3.63, 3.8) is 0 Å². The van der Waals surface area contributed by atoms with E-state index < -0.39 is 20.0 Å². The molecule has 0 amide bonds. The average Bonchev–Trinajstić information content (AvgIpc) is 3.23. The summed E-state index contributed by atoms with van der Waals surface area (Å²) < 4.78 is 57.4. The van der Waals surface area contributed by atoms with Crippen molar-refractivity contribution < 1.29 is 16.8 Å². The van der Waals surface area contributed by atoms with Crippen LogP contribution in [0.25, 0.3) is 0 Å². The van der Waals surface area contributed by atoms with E-state index >= 15 is 0 Å². The molecule has 61 heavy (non-hydrogen) atoms. The highest BCUT2D eigenvalue weighted by atomic mass is 35.5. The van der Waals surface area contributed by atoms with Gasteiger partial charge >= 0.3 is 0 Å². The van der Waals surface area contributed by atoms with Gasteiger partial charge < -0.3 is 10.6 Å². The Morgan fingerprint density at radius 1 is 0.295 bits per heavy atom. The zero-order valence-corrected chi connectivity index (χ0v) is 43.8. The van der Waals surface area contributed by atoms with Crippen LogP contribution < -0.4 is 5.73 Å². The molecule has 0 rings (SSSR count). The van der Waals surface area contributed by atoms with E-state index in [-0.39, 0.29) is 12.4 Å². The summed E-state index contributed by atoms with van der Waals surface area (Å²) in [7, 11) is -6.40. The second kappa shape index (κ2) is 46.6. The predicted molar refractivity (Wildman–Crippen MR) is 272 cm³/mol. The first-order valence-electron chi connectivity index (χ1n) is 26.6. The lowest BCUT2D eigenvalue weighted by atomic mass is 10.1. The quantitative estimate of drug-likeness (QED) is 0.0610. The fraction of sp³-hybridized carbons (Fsp3) is 1.00.